The van der Waals surface area contributed by atoms with E-state index in [2.05, 4.69) is 60.1 Å². The Morgan fingerprint density at radius 1 is 0.792 bits per heavy atom. The lowest BCUT2D eigenvalue weighted by Gasteiger charge is -2.00. The average Bonchev–Trinajstić information content (AvgIpc) is 2.62. The van der Waals surface area contributed by atoms with Gasteiger partial charge in [0.2, 0.25) is 0 Å². The van der Waals surface area contributed by atoms with Gasteiger partial charge >= 0.3 is 0 Å². The third-order valence-electron chi connectivity index (χ3n) is 3.89. The van der Waals surface area contributed by atoms with Crippen LogP contribution in [0.2, 0.25) is 0 Å². The molecular formula is C22H26N2. The first kappa shape index (κ1) is 17.9. The summed E-state index contributed by atoms with van der Waals surface area (Å²) in [4.78, 5) is 0. The van der Waals surface area contributed by atoms with Gasteiger partial charge in [-0.25, -0.2) is 0 Å². The van der Waals surface area contributed by atoms with Crippen LogP contribution >= 0.6 is 0 Å². The number of rotatable bonds is 9. The number of benzene rings is 2. The summed E-state index contributed by atoms with van der Waals surface area (Å²) in [5.74, 6) is 0. The minimum atomic E-state index is 0.893. The smallest absolute Gasteiger partial charge is 0.0568 e. The molecule has 2 aromatic carbocycles. The molecule has 2 rings (SSSR count). The van der Waals surface area contributed by atoms with Crippen molar-refractivity contribution in [3.63, 3.8) is 0 Å². The van der Waals surface area contributed by atoms with Crippen LogP contribution in [0.4, 0.5) is 0 Å². The second-order valence-corrected chi connectivity index (χ2v) is 5.92. The highest BCUT2D eigenvalue weighted by molar-refractivity contribution is 5.82. The van der Waals surface area contributed by atoms with Gasteiger partial charge in [0.15, 0.2) is 0 Å². The van der Waals surface area contributed by atoms with Gasteiger partial charge in [-0.3, -0.25) is 0 Å². The van der Waals surface area contributed by atoms with E-state index in [0.29, 0.717) is 0 Å². The van der Waals surface area contributed by atoms with E-state index in [0.717, 1.165) is 24.0 Å². The Labute approximate surface area is 145 Å². The van der Waals surface area contributed by atoms with E-state index in [1.54, 1.807) is 12.4 Å². The summed E-state index contributed by atoms with van der Waals surface area (Å²) >= 11 is 0. The van der Waals surface area contributed by atoms with Gasteiger partial charge in [-0.1, -0.05) is 74.4 Å². The zero-order valence-electron chi connectivity index (χ0n) is 14.5. The molecule has 2 nitrogen and oxygen atoms in total. The fraction of sp³-hybridized carbons (Fsp3) is 0.273. The van der Waals surface area contributed by atoms with Crippen molar-refractivity contribution in [1.29, 1.82) is 0 Å². The molecule has 0 N–H and O–H groups in total. The Balaban J connectivity index is 1.85. The Hall–Kier alpha value is -2.48. The lowest BCUT2D eigenvalue weighted by Crippen LogP contribution is -1.87. The maximum atomic E-state index is 4.13. The van der Waals surface area contributed by atoms with E-state index in [9.17, 15) is 0 Å². The summed E-state index contributed by atoms with van der Waals surface area (Å²) in [6, 6.07) is 16.8. The van der Waals surface area contributed by atoms with Crippen LogP contribution in [0.5, 0.6) is 0 Å². The number of hydrogen-bond donors (Lipinski definition) is 0. The molecule has 0 saturated carbocycles. The average molecular weight is 318 g/mol. The van der Waals surface area contributed by atoms with Crippen LogP contribution in [0.15, 0.2) is 71.4 Å². The summed E-state index contributed by atoms with van der Waals surface area (Å²) in [6.45, 7) is 5.98. The number of aryl methyl sites for hydroxylation is 1. The van der Waals surface area contributed by atoms with Gasteiger partial charge in [-0.05, 0) is 41.5 Å². The van der Waals surface area contributed by atoms with Crippen LogP contribution in [0.25, 0.3) is 0 Å². The molecule has 0 aliphatic rings. The second-order valence-electron chi connectivity index (χ2n) is 5.92. The second kappa shape index (κ2) is 10.3. The minimum Gasteiger partial charge on any atom is -0.159 e. The molecule has 0 aliphatic heterocycles. The van der Waals surface area contributed by atoms with E-state index in [-0.39, 0.29) is 0 Å². The standard InChI is InChI=1S/C22H26N2/c1-3-5-6-8-20-11-15-22(16-12-20)18-24-23-17-21-13-9-19(7-4-2)10-14-21/h4,9-18H,2-3,5-8H2,1H3. The molecule has 124 valence electrons. The predicted molar refractivity (Wildman–Crippen MR) is 105 cm³/mol. The van der Waals surface area contributed by atoms with E-state index in [1.807, 2.05) is 18.2 Å². The molecule has 0 fully saturated rings. The Bertz CT molecular complexity index is 664. The van der Waals surface area contributed by atoms with E-state index in [1.165, 1.54) is 30.4 Å². The number of nitrogens with zero attached hydrogens (tertiary/aromatic N) is 2. The fourth-order valence-electron chi connectivity index (χ4n) is 2.46. The van der Waals surface area contributed by atoms with E-state index >= 15 is 0 Å². The van der Waals surface area contributed by atoms with Gasteiger partial charge in [0, 0.05) is 0 Å². The molecule has 0 aromatic heterocycles. The lowest BCUT2D eigenvalue weighted by molar-refractivity contribution is 0.717. The van der Waals surface area contributed by atoms with Crippen molar-refractivity contribution in [2.24, 2.45) is 10.2 Å². The molecule has 0 saturated heterocycles. The first-order valence-electron chi connectivity index (χ1n) is 8.67. The summed E-state index contributed by atoms with van der Waals surface area (Å²) in [6.07, 6.45) is 11.3. The van der Waals surface area contributed by atoms with Gasteiger partial charge < -0.3 is 0 Å². The topological polar surface area (TPSA) is 24.7 Å². The Morgan fingerprint density at radius 3 is 1.83 bits per heavy atom. The van der Waals surface area contributed by atoms with Gasteiger partial charge in [-0.2, -0.15) is 10.2 Å². The molecule has 24 heavy (non-hydrogen) atoms. The first-order valence-corrected chi connectivity index (χ1v) is 8.67. The van der Waals surface area contributed by atoms with Crippen LogP contribution in [0.3, 0.4) is 0 Å². The molecule has 2 heteroatoms. The maximum Gasteiger partial charge on any atom is 0.0568 e. The highest BCUT2D eigenvalue weighted by Gasteiger charge is 1.94. The zero-order chi connectivity index (χ0) is 17.0. The Kier molecular flexibility index (Phi) is 7.69. The summed E-state index contributed by atoms with van der Waals surface area (Å²) in [5, 5.41) is 8.25. The normalized spacial score (nSPS) is 11.4. The van der Waals surface area contributed by atoms with E-state index in [4.69, 9.17) is 0 Å². The van der Waals surface area contributed by atoms with Crippen LogP contribution in [0.1, 0.15) is 48.4 Å². The van der Waals surface area contributed by atoms with Gasteiger partial charge in [0.25, 0.3) is 0 Å². The molecule has 0 radical (unpaired) electrons. The monoisotopic (exact) mass is 318 g/mol. The van der Waals surface area contributed by atoms with Crippen LogP contribution in [-0.4, -0.2) is 12.4 Å². The number of hydrogen-bond acceptors (Lipinski definition) is 2. The van der Waals surface area contributed by atoms with Crippen molar-refractivity contribution in [2.45, 2.75) is 39.0 Å². The highest BCUT2D eigenvalue weighted by Crippen LogP contribution is 2.08. The minimum absolute atomic E-state index is 0.893. The molecule has 0 amide bonds. The first-order chi connectivity index (χ1) is 11.8. The summed E-state index contributed by atoms with van der Waals surface area (Å²) in [5.41, 5.74) is 4.77. The molecule has 0 aliphatic carbocycles. The van der Waals surface area contributed by atoms with Crippen molar-refractivity contribution in [3.05, 3.63) is 83.4 Å². The number of allylic oxidation sites excluding steroid dienone is 1. The van der Waals surface area contributed by atoms with Crippen molar-refractivity contribution >= 4 is 12.4 Å². The largest absolute Gasteiger partial charge is 0.159 e. The van der Waals surface area contributed by atoms with Crippen molar-refractivity contribution in [1.82, 2.24) is 0 Å². The van der Waals surface area contributed by atoms with Crippen LogP contribution < -0.4 is 0 Å². The molecule has 0 spiro atoms. The van der Waals surface area contributed by atoms with Crippen LogP contribution in [-0.2, 0) is 12.8 Å². The lowest BCUT2D eigenvalue weighted by atomic mass is 10.1. The van der Waals surface area contributed by atoms with Crippen LogP contribution in [0, 0.1) is 0 Å². The highest BCUT2D eigenvalue weighted by atomic mass is 15.2. The zero-order valence-corrected chi connectivity index (χ0v) is 14.5. The molecule has 0 bridgehead atoms. The Morgan fingerprint density at radius 2 is 1.33 bits per heavy atom. The molecule has 0 heterocycles. The van der Waals surface area contributed by atoms with Crippen molar-refractivity contribution in [2.75, 3.05) is 0 Å². The summed E-state index contributed by atoms with van der Waals surface area (Å²) < 4.78 is 0. The molecule has 0 atom stereocenters. The summed E-state index contributed by atoms with van der Waals surface area (Å²) in [7, 11) is 0. The fourth-order valence-corrected chi connectivity index (χ4v) is 2.46. The third-order valence-corrected chi connectivity index (χ3v) is 3.89. The number of unbranched alkanes of at least 4 members (excludes halogenated alkanes) is 2. The predicted octanol–water partition coefficient (Wildman–Crippen LogP) is 5.60. The molecule has 2 aromatic rings. The van der Waals surface area contributed by atoms with E-state index < -0.39 is 0 Å². The molecular weight excluding hydrogens is 292 g/mol. The van der Waals surface area contributed by atoms with Crippen molar-refractivity contribution < 1.29 is 0 Å². The van der Waals surface area contributed by atoms with Gasteiger partial charge in [-0.15, -0.1) is 6.58 Å². The SMILES string of the molecule is C=CCc1ccc(C=NN=Cc2ccc(CCCCC)cc2)cc1. The molecule has 0 unspecified atom stereocenters. The maximum absolute atomic E-state index is 4.13. The third kappa shape index (κ3) is 6.33. The van der Waals surface area contributed by atoms with Gasteiger partial charge in [0.05, 0.1) is 12.4 Å². The quantitative estimate of drug-likeness (QED) is 0.249. The van der Waals surface area contributed by atoms with Gasteiger partial charge in [0.1, 0.15) is 0 Å². The van der Waals surface area contributed by atoms with Crippen molar-refractivity contribution in [3.8, 4) is 0 Å².